The summed E-state index contributed by atoms with van der Waals surface area (Å²) in [5.41, 5.74) is 1.69. The van der Waals surface area contributed by atoms with E-state index in [1.807, 2.05) is 60.6 Å². The van der Waals surface area contributed by atoms with Crippen LogP contribution in [-0.4, -0.2) is 106 Å². The second-order valence-electron chi connectivity index (χ2n) is 27.3. The number of hydrogen-bond donors (Lipinski definition) is 1. The SMILES string of the molecule is C/C=C\[C@H](C)/C=C(\C)[C@@H](O[Si](C)(C)C(C)(C)C)[C@H]1COC(=O)[C@H](O[Si](C)(C)C(C)(C)C)[C@@H](OC)[C@H](C)[C@@H](O)[C@H](C)[C@@H](O[Si](C)(C)C(C)(C)C)/C(C)=C/[C@H](C)C(=O)C[C@H](O[Si](C)(C)C(C)(C)C)[C@@H](C)C1=O. The minimum absolute atomic E-state index is 0.00129. The van der Waals surface area contributed by atoms with Crippen molar-refractivity contribution in [2.75, 3.05) is 13.7 Å². The van der Waals surface area contributed by atoms with Gasteiger partial charge in [-0.05, 0) is 110 Å². The van der Waals surface area contributed by atoms with Crippen LogP contribution < -0.4 is 0 Å². The van der Waals surface area contributed by atoms with Crippen molar-refractivity contribution in [3.8, 4) is 0 Å². The van der Waals surface area contributed by atoms with Crippen molar-refractivity contribution in [1.82, 2.24) is 0 Å². The van der Waals surface area contributed by atoms with E-state index in [2.05, 4.69) is 155 Å². The average molecular weight is 1050 g/mol. The molecule has 1 aliphatic heterocycles. The van der Waals surface area contributed by atoms with Crippen LogP contribution in [0.15, 0.2) is 35.5 Å². The highest BCUT2D eigenvalue weighted by atomic mass is 28.4. The van der Waals surface area contributed by atoms with Crippen molar-refractivity contribution in [2.24, 2.45) is 35.5 Å². The molecular formula is C56H108O10Si4. The highest BCUT2D eigenvalue weighted by molar-refractivity contribution is 6.75. The second-order valence-corrected chi connectivity index (χ2v) is 46.3. The molecule has 1 aliphatic rings. The molecule has 0 radical (unpaired) electrons. The van der Waals surface area contributed by atoms with E-state index in [1.165, 1.54) is 0 Å². The van der Waals surface area contributed by atoms with Crippen molar-refractivity contribution in [3.63, 3.8) is 0 Å². The smallest absolute Gasteiger partial charge is 0.336 e. The van der Waals surface area contributed by atoms with Gasteiger partial charge in [0.05, 0.1) is 36.4 Å². The van der Waals surface area contributed by atoms with Gasteiger partial charge in [-0.25, -0.2) is 4.79 Å². The van der Waals surface area contributed by atoms with E-state index < -0.39 is 105 Å². The lowest BCUT2D eigenvalue weighted by Gasteiger charge is -2.45. The molecule has 0 saturated carbocycles. The Morgan fingerprint density at radius 3 is 1.60 bits per heavy atom. The van der Waals surface area contributed by atoms with Gasteiger partial charge in [-0.2, -0.15) is 0 Å². The van der Waals surface area contributed by atoms with Gasteiger partial charge in [0.1, 0.15) is 18.2 Å². The molecule has 0 unspecified atom stereocenters. The predicted molar refractivity (Wildman–Crippen MR) is 302 cm³/mol. The lowest BCUT2D eigenvalue weighted by molar-refractivity contribution is -0.168. The third-order valence-electron chi connectivity index (χ3n) is 17.3. The zero-order chi connectivity index (χ0) is 55.3. The summed E-state index contributed by atoms with van der Waals surface area (Å²) in [6.45, 7) is 58.5. The fourth-order valence-corrected chi connectivity index (χ4v) is 13.5. The molecule has 0 aliphatic carbocycles. The molecular weight excluding hydrogens is 945 g/mol. The van der Waals surface area contributed by atoms with Crippen LogP contribution in [0, 0.1) is 35.5 Å². The number of aliphatic hydroxyl groups excluding tert-OH is 1. The van der Waals surface area contributed by atoms with Gasteiger partial charge >= 0.3 is 5.97 Å². The molecule has 14 heteroatoms. The predicted octanol–water partition coefficient (Wildman–Crippen LogP) is 14.3. The molecule has 0 saturated heterocycles. The number of ether oxygens (including phenoxy) is 2. The maximum absolute atomic E-state index is 15.9. The maximum atomic E-state index is 15.9. The first kappa shape index (κ1) is 66.7. The first-order chi connectivity index (χ1) is 31.2. The van der Waals surface area contributed by atoms with Gasteiger partial charge in [0.25, 0.3) is 0 Å². The third-order valence-corrected chi connectivity index (χ3v) is 35.2. The van der Waals surface area contributed by atoms with Crippen LogP contribution in [0.5, 0.6) is 0 Å². The molecule has 1 heterocycles. The summed E-state index contributed by atoms with van der Waals surface area (Å²) in [7, 11) is -8.87. The van der Waals surface area contributed by atoms with Crippen LogP contribution in [0.1, 0.15) is 145 Å². The number of cyclic esters (lactones) is 1. The normalized spacial score (nSPS) is 29.8. The van der Waals surface area contributed by atoms with Crippen LogP contribution in [0.25, 0.3) is 0 Å². The summed E-state index contributed by atoms with van der Waals surface area (Å²) < 4.78 is 41.7. The van der Waals surface area contributed by atoms with Gasteiger partial charge in [0.15, 0.2) is 39.4 Å². The van der Waals surface area contributed by atoms with E-state index in [0.717, 1.165) is 11.1 Å². The number of esters is 1. The van der Waals surface area contributed by atoms with Crippen LogP contribution in [0.4, 0.5) is 0 Å². The van der Waals surface area contributed by atoms with Gasteiger partial charge in [0, 0.05) is 37.2 Å². The number of aliphatic hydroxyl groups is 1. The fraction of sp³-hybridized carbons (Fsp3) is 0.839. The van der Waals surface area contributed by atoms with Crippen molar-refractivity contribution in [2.45, 2.75) is 254 Å². The van der Waals surface area contributed by atoms with E-state index in [1.54, 1.807) is 7.11 Å². The highest BCUT2D eigenvalue weighted by Gasteiger charge is 2.51. The van der Waals surface area contributed by atoms with Gasteiger partial charge in [-0.3, -0.25) is 9.59 Å². The summed E-state index contributed by atoms with van der Waals surface area (Å²) in [6, 6.07) is 0. The molecule has 0 bridgehead atoms. The molecule has 0 amide bonds. The molecule has 0 fully saturated rings. The fourth-order valence-electron chi connectivity index (χ4n) is 8.11. The summed E-state index contributed by atoms with van der Waals surface area (Å²) in [4.78, 5) is 46.0. The second kappa shape index (κ2) is 25.0. The number of carbonyl (C=O) groups excluding carboxylic acids is 3. The number of Topliss-reactive ketones (excluding diaryl/α,β-unsaturated/α-hetero) is 2. The van der Waals surface area contributed by atoms with Crippen molar-refractivity contribution in [3.05, 3.63) is 35.5 Å². The minimum Gasteiger partial charge on any atom is -0.463 e. The molecule has 1 rings (SSSR count). The van der Waals surface area contributed by atoms with Gasteiger partial charge in [-0.15, -0.1) is 0 Å². The molecule has 408 valence electrons. The zero-order valence-corrected chi connectivity index (χ0v) is 54.3. The summed E-state index contributed by atoms with van der Waals surface area (Å²) >= 11 is 0. The quantitative estimate of drug-likeness (QED) is 0.108. The molecule has 1 N–H and O–H groups in total. The van der Waals surface area contributed by atoms with E-state index in [4.69, 9.17) is 27.2 Å². The van der Waals surface area contributed by atoms with E-state index in [0.29, 0.717) is 0 Å². The minimum atomic E-state index is -2.73. The van der Waals surface area contributed by atoms with Crippen LogP contribution in [-0.2, 0) is 41.6 Å². The maximum Gasteiger partial charge on any atom is 0.336 e. The number of rotatable bonds is 13. The Labute approximate surface area is 434 Å². The Kier molecular flexibility index (Phi) is 23.8. The lowest BCUT2D eigenvalue weighted by atomic mass is 9.81. The van der Waals surface area contributed by atoms with Crippen LogP contribution in [0.2, 0.25) is 72.5 Å². The Hall–Kier alpha value is -1.34. The number of hydrogen-bond acceptors (Lipinski definition) is 10. The van der Waals surface area contributed by atoms with Gasteiger partial charge < -0.3 is 32.3 Å². The lowest BCUT2D eigenvalue weighted by Crippen LogP contribution is -2.56. The first-order valence-electron chi connectivity index (χ1n) is 26.4. The molecule has 10 nitrogen and oxygen atoms in total. The topological polar surface area (TPSA) is 127 Å². The summed E-state index contributed by atoms with van der Waals surface area (Å²) in [5.74, 6) is -4.38. The van der Waals surface area contributed by atoms with Crippen molar-refractivity contribution >= 4 is 50.8 Å². The molecule has 0 spiro atoms. The van der Waals surface area contributed by atoms with E-state index in [9.17, 15) is 9.90 Å². The average Bonchev–Trinajstić information content (AvgIpc) is 3.18. The van der Waals surface area contributed by atoms with Gasteiger partial charge in [-0.1, -0.05) is 142 Å². The molecule has 0 aromatic heterocycles. The van der Waals surface area contributed by atoms with E-state index in [-0.39, 0.29) is 50.7 Å². The largest absolute Gasteiger partial charge is 0.463 e. The Morgan fingerprint density at radius 2 is 1.17 bits per heavy atom. The zero-order valence-electron chi connectivity index (χ0n) is 50.3. The first-order valence-corrected chi connectivity index (χ1v) is 38.0. The van der Waals surface area contributed by atoms with Crippen molar-refractivity contribution < 1.29 is 46.7 Å². The monoisotopic (exact) mass is 1050 g/mol. The molecule has 0 aromatic rings. The number of allylic oxidation sites excluding steroid dienone is 4. The summed E-state index contributed by atoms with van der Waals surface area (Å²) in [6.07, 6.45) is 2.86. The Morgan fingerprint density at radius 1 is 0.729 bits per heavy atom. The molecule has 70 heavy (non-hydrogen) atoms. The van der Waals surface area contributed by atoms with Gasteiger partial charge in [0.2, 0.25) is 0 Å². The molecule has 12 atom stereocenters. The third kappa shape index (κ3) is 17.4. The Bertz CT molecular complexity index is 1820. The number of carbonyl (C=O) groups is 3. The number of ketones is 2. The van der Waals surface area contributed by atoms with E-state index >= 15 is 9.59 Å². The molecule has 0 aromatic carbocycles. The van der Waals surface area contributed by atoms with Crippen LogP contribution in [0.3, 0.4) is 0 Å². The van der Waals surface area contributed by atoms with Crippen LogP contribution >= 0.6 is 0 Å². The standard InChI is InChI=1S/C56H108O10Si4/c1-30-31-36(2)32-38(4)49(65-69(26,27)55(15,16)17)43-35-62-52(60)51(66-70(28,29)56(18,19)20)50(61-21)42(8)46(58)41(7)48(64-68(24,25)54(12,13)14)39(5)33-37(3)44(57)34-45(40(6)47(43)59)63-67(22,23)53(9,10)11/h30-33,36-37,40-43,45-46,48-51,58H,34-35H2,1-29H3/b31-30-,38-32+,39-33+/t36-,37-,40+,41-,42+,43-,45-,46-,48-,49+,50-,51+/m0/s1. The highest BCUT2D eigenvalue weighted by Crippen LogP contribution is 2.44. The Balaban J connectivity index is 4.66. The number of methoxy groups -OCH3 is 1. The summed E-state index contributed by atoms with van der Waals surface area (Å²) in [5, 5.41) is 11.7. The van der Waals surface area contributed by atoms with Crippen molar-refractivity contribution in [1.29, 1.82) is 0 Å².